The Labute approximate surface area is 369 Å². The quantitative estimate of drug-likeness (QED) is 0.0837. The molecule has 1 spiro atoms. The molecule has 3 amide bonds. The number of amides is 3. The Morgan fingerprint density at radius 3 is 2.47 bits per heavy atom. The van der Waals surface area contributed by atoms with Crippen LogP contribution in [0.3, 0.4) is 0 Å². The molecule has 4 aliphatic heterocycles. The van der Waals surface area contributed by atoms with Gasteiger partial charge in [-0.1, -0.05) is 54.9 Å². The maximum atomic E-state index is 15.3. The monoisotopic (exact) mass is 880 g/mol. The van der Waals surface area contributed by atoms with E-state index in [1.165, 1.54) is 0 Å². The summed E-state index contributed by atoms with van der Waals surface area (Å²) in [4.78, 5) is 61.0. The van der Waals surface area contributed by atoms with Crippen molar-refractivity contribution in [2.45, 2.75) is 101 Å². The summed E-state index contributed by atoms with van der Waals surface area (Å²) in [7, 11) is -3.10. The Morgan fingerprint density at radius 1 is 0.952 bits per heavy atom. The summed E-state index contributed by atoms with van der Waals surface area (Å²) >= 11 is 6.69. The minimum atomic E-state index is -3.10. The summed E-state index contributed by atoms with van der Waals surface area (Å²) in [5.74, 6) is -0.402. The van der Waals surface area contributed by atoms with E-state index in [1.54, 1.807) is 26.8 Å². The highest BCUT2D eigenvalue weighted by Gasteiger charge is 2.66. The summed E-state index contributed by atoms with van der Waals surface area (Å²) in [5.41, 5.74) is 4.48. The van der Waals surface area contributed by atoms with E-state index in [0.29, 0.717) is 60.9 Å². The fourth-order valence-electron chi connectivity index (χ4n) is 10.4. The van der Waals surface area contributed by atoms with Crippen LogP contribution in [0, 0.1) is 5.92 Å². The van der Waals surface area contributed by atoms with E-state index >= 15 is 4.79 Å². The van der Waals surface area contributed by atoms with E-state index in [9.17, 15) is 24.6 Å². The number of benzene rings is 4. The zero-order valence-corrected chi connectivity index (χ0v) is 37.6. The van der Waals surface area contributed by atoms with Crippen LogP contribution in [0.1, 0.15) is 60.9 Å². The number of unbranched alkanes of at least 4 members (excludes halogenated alkanes) is 1. The highest BCUT2D eigenvalue weighted by molar-refractivity contribution is 6.71. The molecule has 8 rings (SSSR count). The average molecular weight is 882 g/mol. The molecule has 4 aromatic carbocycles. The molecule has 14 heteroatoms. The number of fused-ring (bicyclic) bond motifs is 4. The van der Waals surface area contributed by atoms with Crippen LogP contribution in [0.15, 0.2) is 84.9 Å². The van der Waals surface area contributed by atoms with Gasteiger partial charge in [0.2, 0.25) is 11.8 Å². The van der Waals surface area contributed by atoms with Crippen molar-refractivity contribution in [2.24, 2.45) is 5.92 Å². The fourth-order valence-corrected chi connectivity index (χ4v) is 13.2. The zero-order valence-electron chi connectivity index (χ0n) is 35.9. The molecule has 6 atom stereocenters. The number of rotatable bonds is 14. The number of anilines is 3. The Hall–Kier alpha value is -4.60. The van der Waals surface area contributed by atoms with Crippen molar-refractivity contribution < 1.29 is 38.9 Å². The number of halogens is 1. The maximum Gasteiger partial charge on any atom is 0.264 e. The highest BCUT2D eigenvalue weighted by Crippen LogP contribution is 2.60. The summed E-state index contributed by atoms with van der Waals surface area (Å²) in [6.45, 7) is 9.03. The highest BCUT2D eigenvalue weighted by atomic mass is 35.5. The molecule has 12 nitrogen and oxygen atoms in total. The molecule has 0 saturated carbocycles. The van der Waals surface area contributed by atoms with Crippen molar-refractivity contribution in [3.63, 3.8) is 0 Å². The van der Waals surface area contributed by atoms with Crippen LogP contribution in [-0.4, -0.2) is 90.5 Å². The maximum absolute atomic E-state index is 15.3. The van der Waals surface area contributed by atoms with Gasteiger partial charge in [0.1, 0.15) is 5.75 Å². The van der Waals surface area contributed by atoms with Gasteiger partial charge in [-0.15, -0.1) is 0 Å². The standard InChI is InChI=1S/C48H57ClN4O8Si/c1-5-60-38-16-18-41-34(23-38)24-40(50-19-8-9-20-54)46(57)53(41)36-14-10-11-31(21-36)27-52-42-17-15-35(49)25-39(42)48(47(52)58)30(2)45(62(3,4)59)43(61-48)26-44(56)51-28-33-13-7-6-12-32(33)22-37(51)29-55/h6-7,10-18,21,23,25,30,37,40,43,45,50,54-55,59H,5,8-9,19-20,22,24,26-29H2,1-4H3/t30-,37+,40?,43+,45-,48+/m1/s1. The van der Waals surface area contributed by atoms with Crippen LogP contribution in [0.5, 0.6) is 5.75 Å². The minimum absolute atomic E-state index is 0.0632. The number of nitrogens with one attached hydrogen (secondary N) is 1. The molecule has 1 fully saturated rings. The van der Waals surface area contributed by atoms with Gasteiger partial charge in [0, 0.05) is 40.9 Å². The largest absolute Gasteiger partial charge is 0.494 e. The Bertz CT molecular complexity index is 2340. The molecule has 0 aromatic heterocycles. The molecule has 0 aliphatic carbocycles. The van der Waals surface area contributed by atoms with E-state index in [-0.39, 0.29) is 43.9 Å². The molecule has 0 bridgehead atoms. The van der Waals surface area contributed by atoms with Crippen LogP contribution in [0.4, 0.5) is 17.1 Å². The number of hydrogen-bond donors (Lipinski definition) is 4. The zero-order chi connectivity index (χ0) is 43.9. The number of hydrogen-bond acceptors (Lipinski definition) is 9. The first-order valence-electron chi connectivity index (χ1n) is 21.8. The van der Waals surface area contributed by atoms with Crippen molar-refractivity contribution in [1.82, 2.24) is 10.2 Å². The fraction of sp³-hybridized carbons (Fsp3) is 0.438. The van der Waals surface area contributed by atoms with Crippen LogP contribution in [0.2, 0.25) is 23.7 Å². The first kappa shape index (κ1) is 44.0. The van der Waals surface area contributed by atoms with Gasteiger partial charge in [-0.3, -0.25) is 19.3 Å². The Kier molecular flexibility index (Phi) is 12.7. The lowest BCUT2D eigenvalue weighted by atomic mass is 9.82. The number of carbonyl (C=O) groups is 3. The van der Waals surface area contributed by atoms with Gasteiger partial charge in [0.25, 0.3) is 5.91 Å². The second kappa shape index (κ2) is 17.9. The van der Waals surface area contributed by atoms with Gasteiger partial charge in [-0.2, -0.15) is 0 Å². The molecule has 4 aliphatic rings. The molecule has 1 saturated heterocycles. The van der Waals surface area contributed by atoms with Crippen LogP contribution >= 0.6 is 11.6 Å². The SMILES string of the molecule is CCOc1ccc2c(c1)CC(NCCCCO)C(=O)N2c1cccc(CN2C(=O)[C@@]3(O[C@@H](CC(=O)N4Cc5ccccc5C[C@H]4CO)[C@H]([Si](C)(C)O)[C@H]3C)c3cc(Cl)ccc32)c1. The third-order valence-corrected chi connectivity index (χ3v) is 16.0. The Morgan fingerprint density at radius 2 is 1.73 bits per heavy atom. The molecule has 0 radical (unpaired) electrons. The molecule has 4 heterocycles. The summed E-state index contributed by atoms with van der Waals surface area (Å²) in [5, 5.41) is 23.6. The molecule has 62 heavy (non-hydrogen) atoms. The van der Waals surface area contributed by atoms with Crippen molar-refractivity contribution in [3.05, 3.63) is 118 Å². The average Bonchev–Trinajstić information content (AvgIpc) is 3.67. The predicted octanol–water partition coefficient (Wildman–Crippen LogP) is 6.37. The van der Waals surface area contributed by atoms with E-state index in [4.69, 9.17) is 21.1 Å². The molecular formula is C48H57ClN4O8Si. The lowest BCUT2D eigenvalue weighted by Gasteiger charge is -2.37. The second-order valence-corrected chi connectivity index (χ2v) is 22.1. The van der Waals surface area contributed by atoms with Gasteiger partial charge in [-0.05, 0) is 123 Å². The van der Waals surface area contributed by atoms with Crippen molar-refractivity contribution in [3.8, 4) is 5.75 Å². The van der Waals surface area contributed by atoms with Gasteiger partial charge < -0.3 is 39.6 Å². The lowest BCUT2D eigenvalue weighted by Crippen LogP contribution is -2.49. The predicted molar refractivity (Wildman–Crippen MR) is 241 cm³/mol. The van der Waals surface area contributed by atoms with Crippen molar-refractivity contribution >= 4 is 54.7 Å². The number of aliphatic hydroxyl groups excluding tert-OH is 2. The van der Waals surface area contributed by atoms with Gasteiger partial charge in [0.15, 0.2) is 13.9 Å². The normalized spacial score (nSPS) is 24.4. The number of ether oxygens (including phenoxy) is 2. The van der Waals surface area contributed by atoms with Crippen LogP contribution in [0.25, 0.3) is 0 Å². The van der Waals surface area contributed by atoms with Gasteiger partial charge in [-0.25, -0.2) is 0 Å². The van der Waals surface area contributed by atoms with E-state index in [1.807, 2.05) is 99.7 Å². The summed E-state index contributed by atoms with van der Waals surface area (Å²) in [6, 6.07) is 25.8. The Balaban J connectivity index is 1.10. The number of carbonyl (C=O) groups excluding carboxylic acids is 3. The number of aliphatic hydroxyl groups is 2. The third-order valence-electron chi connectivity index (χ3n) is 13.2. The molecule has 1 unspecified atom stereocenters. The first-order valence-corrected chi connectivity index (χ1v) is 25.2. The van der Waals surface area contributed by atoms with E-state index in [0.717, 1.165) is 40.1 Å². The van der Waals surface area contributed by atoms with Crippen LogP contribution < -0.4 is 19.9 Å². The molecule has 328 valence electrons. The minimum Gasteiger partial charge on any atom is -0.494 e. The molecule has 4 aromatic rings. The molecular weight excluding hydrogens is 824 g/mol. The second-order valence-electron chi connectivity index (χ2n) is 17.7. The number of nitrogens with zero attached hydrogens (tertiary/aromatic N) is 3. The third kappa shape index (κ3) is 8.08. The van der Waals surface area contributed by atoms with Gasteiger partial charge in [0.05, 0.1) is 55.7 Å². The topological polar surface area (TPSA) is 152 Å². The van der Waals surface area contributed by atoms with E-state index < -0.39 is 43.6 Å². The van der Waals surface area contributed by atoms with Crippen LogP contribution in [-0.2, 0) is 50.7 Å². The first-order chi connectivity index (χ1) is 29.8. The van der Waals surface area contributed by atoms with Crippen molar-refractivity contribution in [2.75, 3.05) is 36.2 Å². The van der Waals surface area contributed by atoms with Crippen molar-refractivity contribution in [1.29, 1.82) is 0 Å². The summed E-state index contributed by atoms with van der Waals surface area (Å²) in [6.07, 6.45) is 1.55. The van der Waals surface area contributed by atoms with Gasteiger partial charge >= 0.3 is 0 Å². The molecule has 4 N–H and O–H groups in total. The lowest BCUT2D eigenvalue weighted by molar-refractivity contribution is -0.151. The van der Waals surface area contributed by atoms with E-state index in [2.05, 4.69) is 5.32 Å². The smallest absolute Gasteiger partial charge is 0.264 e. The summed E-state index contributed by atoms with van der Waals surface area (Å²) < 4.78 is 12.8.